The van der Waals surface area contributed by atoms with Crippen LogP contribution in [0.15, 0.2) is 18.2 Å². The minimum Gasteiger partial charge on any atom is -0.403 e. The Balaban J connectivity index is 0.00000144. The summed E-state index contributed by atoms with van der Waals surface area (Å²) >= 11 is 0. The monoisotopic (exact) mass is 390 g/mol. The van der Waals surface area contributed by atoms with Crippen molar-refractivity contribution in [2.75, 3.05) is 26.2 Å². The molecule has 1 saturated carbocycles. The normalized spacial score (nSPS) is 19.8. The smallest absolute Gasteiger partial charge is 0.403 e. The van der Waals surface area contributed by atoms with Crippen molar-refractivity contribution in [1.82, 2.24) is 10.2 Å². The predicted molar refractivity (Wildman–Crippen MR) is 87.5 cm³/mol. The maximum absolute atomic E-state index is 13.9. The molecule has 3 rings (SSSR count). The van der Waals surface area contributed by atoms with Crippen LogP contribution in [0.4, 0.5) is 17.6 Å². The minimum absolute atomic E-state index is 0. The van der Waals surface area contributed by atoms with Crippen LogP contribution >= 0.6 is 24.8 Å². The van der Waals surface area contributed by atoms with Crippen LogP contribution in [-0.4, -0.2) is 37.4 Å². The van der Waals surface area contributed by atoms with E-state index in [9.17, 15) is 17.6 Å². The second-order valence-electron chi connectivity index (χ2n) is 5.81. The van der Waals surface area contributed by atoms with Crippen molar-refractivity contribution in [3.8, 4) is 5.75 Å². The summed E-state index contributed by atoms with van der Waals surface area (Å²) in [6.07, 6.45) is -2.72. The number of hydrogen-bond donors (Lipinski definition) is 1. The molecule has 0 aromatic heterocycles. The fraction of sp³-hybridized carbons (Fsp3) is 0.600. The lowest BCUT2D eigenvalue weighted by Crippen LogP contribution is -2.45. The van der Waals surface area contributed by atoms with Crippen LogP contribution in [0.2, 0.25) is 0 Å². The Bertz CT molecular complexity index is 535. The standard InChI is InChI=1S/C15H18F4N2O.2ClH/c16-12-9-11(3-4-13(12)22-15(17,18)19)14(10-1-2-10)21-7-5-20-6-8-21;;/h3-4,9-10,14,20H,1-2,5-8H2;2*1H/t14-;;/m1../s1. The SMILES string of the molecule is Cl.Cl.Fc1cc([C@@H](C2CC2)N2CCNCC2)ccc1OC(F)(F)F. The third kappa shape index (κ3) is 5.37. The van der Waals surface area contributed by atoms with Crippen LogP contribution < -0.4 is 10.1 Å². The lowest BCUT2D eigenvalue weighted by atomic mass is 9.99. The number of piperazine rings is 1. The summed E-state index contributed by atoms with van der Waals surface area (Å²) in [7, 11) is 0. The molecule has 0 amide bonds. The second-order valence-corrected chi connectivity index (χ2v) is 5.81. The Kier molecular flexibility index (Phi) is 7.59. The lowest BCUT2D eigenvalue weighted by Gasteiger charge is -2.35. The Morgan fingerprint density at radius 3 is 2.25 bits per heavy atom. The van der Waals surface area contributed by atoms with Gasteiger partial charge in [-0.15, -0.1) is 38.0 Å². The van der Waals surface area contributed by atoms with E-state index in [0.717, 1.165) is 50.7 Å². The van der Waals surface area contributed by atoms with Gasteiger partial charge in [-0.25, -0.2) is 4.39 Å². The van der Waals surface area contributed by atoms with E-state index in [2.05, 4.69) is 15.0 Å². The molecule has 1 aliphatic carbocycles. The Hall–Kier alpha value is -0.760. The minimum atomic E-state index is -4.88. The molecule has 2 aliphatic rings. The fourth-order valence-electron chi connectivity index (χ4n) is 3.06. The Morgan fingerprint density at radius 1 is 1.12 bits per heavy atom. The summed E-state index contributed by atoms with van der Waals surface area (Å²) in [5.74, 6) is -1.27. The summed E-state index contributed by atoms with van der Waals surface area (Å²) in [6, 6.07) is 3.90. The van der Waals surface area contributed by atoms with Gasteiger partial charge in [-0.2, -0.15) is 0 Å². The van der Waals surface area contributed by atoms with Gasteiger partial charge in [-0.3, -0.25) is 4.90 Å². The van der Waals surface area contributed by atoms with Crippen LogP contribution in [0.3, 0.4) is 0 Å². The molecule has 0 unspecified atom stereocenters. The van der Waals surface area contributed by atoms with Crippen molar-refractivity contribution in [3.63, 3.8) is 0 Å². The highest BCUT2D eigenvalue weighted by atomic mass is 35.5. The largest absolute Gasteiger partial charge is 0.573 e. The zero-order valence-corrected chi connectivity index (χ0v) is 14.4. The molecule has 1 aromatic carbocycles. The maximum Gasteiger partial charge on any atom is 0.573 e. The van der Waals surface area contributed by atoms with E-state index in [1.165, 1.54) is 6.07 Å². The van der Waals surface area contributed by atoms with E-state index in [1.807, 2.05) is 0 Å². The number of ether oxygens (including phenoxy) is 1. The molecule has 0 bridgehead atoms. The second kappa shape index (κ2) is 8.56. The van der Waals surface area contributed by atoms with E-state index < -0.39 is 17.9 Å². The Morgan fingerprint density at radius 2 is 1.75 bits per heavy atom. The highest BCUT2D eigenvalue weighted by Gasteiger charge is 2.37. The van der Waals surface area contributed by atoms with Gasteiger partial charge in [-0.05, 0) is 36.5 Å². The zero-order valence-electron chi connectivity index (χ0n) is 12.8. The molecule has 9 heteroatoms. The molecular formula is C15H20Cl2F4N2O. The molecule has 0 radical (unpaired) electrons. The lowest BCUT2D eigenvalue weighted by molar-refractivity contribution is -0.275. The molecule has 1 atom stereocenters. The van der Waals surface area contributed by atoms with Gasteiger partial charge in [-0.1, -0.05) is 6.07 Å². The number of alkyl halides is 3. The van der Waals surface area contributed by atoms with Crippen LogP contribution in [0, 0.1) is 11.7 Å². The topological polar surface area (TPSA) is 24.5 Å². The molecule has 1 saturated heterocycles. The molecule has 1 heterocycles. The Labute approximate surface area is 150 Å². The summed E-state index contributed by atoms with van der Waals surface area (Å²) < 4.78 is 54.2. The first-order valence-corrected chi connectivity index (χ1v) is 7.44. The van der Waals surface area contributed by atoms with Crippen molar-refractivity contribution in [1.29, 1.82) is 0 Å². The zero-order chi connectivity index (χ0) is 15.7. The van der Waals surface area contributed by atoms with Crippen molar-refractivity contribution >= 4 is 24.8 Å². The molecule has 24 heavy (non-hydrogen) atoms. The molecule has 0 spiro atoms. The summed E-state index contributed by atoms with van der Waals surface area (Å²) in [5, 5.41) is 3.27. The average molecular weight is 391 g/mol. The van der Waals surface area contributed by atoms with Gasteiger partial charge in [0.05, 0.1) is 0 Å². The average Bonchev–Trinajstić information content (AvgIpc) is 3.27. The first kappa shape index (κ1) is 21.3. The number of nitrogens with zero attached hydrogens (tertiary/aromatic N) is 1. The number of rotatable bonds is 4. The molecule has 2 fully saturated rings. The van der Waals surface area contributed by atoms with Crippen molar-refractivity contribution in [3.05, 3.63) is 29.6 Å². The van der Waals surface area contributed by atoms with Crippen LogP contribution in [-0.2, 0) is 0 Å². The quantitative estimate of drug-likeness (QED) is 0.788. The summed E-state index contributed by atoms with van der Waals surface area (Å²) in [4.78, 5) is 2.28. The van der Waals surface area contributed by atoms with E-state index >= 15 is 0 Å². The van der Waals surface area contributed by atoms with Crippen LogP contribution in [0.1, 0.15) is 24.4 Å². The molecule has 1 aliphatic heterocycles. The molecule has 138 valence electrons. The third-order valence-corrected chi connectivity index (χ3v) is 4.14. The number of benzene rings is 1. The van der Waals surface area contributed by atoms with Gasteiger partial charge < -0.3 is 10.1 Å². The van der Waals surface area contributed by atoms with Gasteiger partial charge in [0.2, 0.25) is 0 Å². The van der Waals surface area contributed by atoms with E-state index in [0.29, 0.717) is 5.92 Å². The molecule has 3 nitrogen and oxygen atoms in total. The van der Waals surface area contributed by atoms with Crippen LogP contribution in [0.25, 0.3) is 0 Å². The molecule has 1 aromatic rings. The summed E-state index contributed by atoms with van der Waals surface area (Å²) in [5.41, 5.74) is 0.733. The van der Waals surface area contributed by atoms with E-state index in [4.69, 9.17) is 0 Å². The van der Waals surface area contributed by atoms with Gasteiger partial charge in [0.1, 0.15) is 0 Å². The fourth-order valence-corrected chi connectivity index (χ4v) is 3.06. The molecular weight excluding hydrogens is 371 g/mol. The first-order valence-electron chi connectivity index (χ1n) is 7.44. The highest BCUT2D eigenvalue weighted by molar-refractivity contribution is 5.85. The van der Waals surface area contributed by atoms with Crippen molar-refractivity contribution in [2.45, 2.75) is 25.2 Å². The predicted octanol–water partition coefficient (Wildman–Crippen LogP) is 3.92. The maximum atomic E-state index is 13.9. The van der Waals surface area contributed by atoms with Gasteiger partial charge in [0.15, 0.2) is 11.6 Å². The first-order chi connectivity index (χ1) is 10.4. The van der Waals surface area contributed by atoms with E-state index in [1.54, 1.807) is 6.07 Å². The van der Waals surface area contributed by atoms with Gasteiger partial charge >= 0.3 is 6.36 Å². The number of hydrogen-bond acceptors (Lipinski definition) is 3. The van der Waals surface area contributed by atoms with E-state index in [-0.39, 0.29) is 30.9 Å². The van der Waals surface area contributed by atoms with Crippen molar-refractivity contribution in [2.24, 2.45) is 5.92 Å². The highest BCUT2D eigenvalue weighted by Crippen LogP contribution is 2.45. The van der Waals surface area contributed by atoms with Crippen molar-refractivity contribution < 1.29 is 22.3 Å². The van der Waals surface area contributed by atoms with Gasteiger partial charge in [0.25, 0.3) is 0 Å². The van der Waals surface area contributed by atoms with Gasteiger partial charge in [0, 0.05) is 32.2 Å². The third-order valence-electron chi connectivity index (χ3n) is 4.14. The number of halogens is 6. The van der Waals surface area contributed by atoms with Crippen LogP contribution in [0.5, 0.6) is 5.75 Å². The summed E-state index contributed by atoms with van der Waals surface area (Å²) in [6.45, 7) is 3.48. The molecule has 1 N–H and O–H groups in total. The number of nitrogens with one attached hydrogen (secondary N) is 1.